The van der Waals surface area contributed by atoms with Crippen molar-refractivity contribution in [1.82, 2.24) is 4.90 Å². The molecular formula is C23H18FNO4. The molecule has 1 fully saturated rings. The van der Waals surface area contributed by atoms with Crippen LogP contribution >= 0.6 is 0 Å². The second-order valence-corrected chi connectivity index (χ2v) is 6.75. The molecule has 0 bridgehead atoms. The maximum absolute atomic E-state index is 13.2. The van der Waals surface area contributed by atoms with Crippen molar-refractivity contribution in [2.45, 2.75) is 12.5 Å². The van der Waals surface area contributed by atoms with Crippen LogP contribution < -0.4 is 0 Å². The molecule has 4 rings (SSSR count). The molecule has 3 aromatic rings. The number of benzene rings is 2. The van der Waals surface area contributed by atoms with E-state index in [9.17, 15) is 19.1 Å². The average Bonchev–Trinajstić information content (AvgIpc) is 3.35. The monoisotopic (exact) mass is 391 g/mol. The summed E-state index contributed by atoms with van der Waals surface area (Å²) in [6, 6.07) is 17.2. The van der Waals surface area contributed by atoms with E-state index in [0.717, 1.165) is 5.56 Å². The molecule has 1 unspecified atom stereocenters. The molecule has 6 heteroatoms. The van der Waals surface area contributed by atoms with Crippen LogP contribution in [0.1, 0.15) is 22.9 Å². The lowest BCUT2D eigenvalue weighted by Crippen LogP contribution is -2.31. The lowest BCUT2D eigenvalue weighted by atomic mass is 9.99. The number of hydrogen-bond acceptors (Lipinski definition) is 4. The topological polar surface area (TPSA) is 70.8 Å². The van der Waals surface area contributed by atoms with Gasteiger partial charge in [-0.25, -0.2) is 4.39 Å². The Balaban J connectivity index is 1.74. The summed E-state index contributed by atoms with van der Waals surface area (Å²) in [4.78, 5) is 27.0. The number of nitrogens with zero attached hydrogens (tertiary/aromatic N) is 1. The number of likely N-dealkylation sites (tertiary alicyclic amines) is 1. The summed E-state index contributed by atoms with van der Waals surface area (Å²) in [7, 11) is 0. The van der Waals surface area contributed by atoms with Gasteiger partial charge in [-0.3, -0.25) is 9.59 Å². The van der Waals surface area contributed by atoms with Crippen molar-refractivity contribution in [3.05, 3.63) is 101 Å². The number of aliphatic hydroxyl groups is 1. The maximum Gasteiger partial charge on any atom is 0.295 e. The minimum Gasteiger partial charge on any atom is -0.507 e. The highest BCUT2D eigenvalue weighted by molar-refractivity contribution is 6.46. The fraction of sp³-hybridized carbons (Fsp3) is 0.130. The van der Waals surface area contributed by atoms with Crippen LogP contribution in [0.4, 0.5) is 4.39 Å². The molecule has 0 spiro atoms. The lowest BCUT2D eigenvalue weighted by molar-refractivity contribution is -0.140. The number of carbonyl (C=O) groups is 2. The summed E-state index contributed by atoms with van der Waals surface area (Å²) in [5.41, 5.74) is 1.21. The predicted octanol–water partition coefficient (Wildman–Crippen LogP) is 4.08. The number of halogens is 1. The van der Waals surface area contributed by atoms with Crippen molar-refractivity contribution in [2.75, 3.05) is 6.54 Å². The highest BCUT2D eigenvalue weighted by atomic mass is 19.1. The highest BCUT2D eigenvalue weighted by Gasteiger charge is 2.47. The number of rotatable bonds is 5. The second-order valence-electron chi connectivity index (χ2n) is 6.75. The first-order chi connectivity index (χ1) is 14.1. The molecule has 0 radical (unpaired) electrons. The Morgan fingerprint density at radius 1 is 1.00 bits per heavy atom. The number of furan rings is 1. The van der Waals surface area contributed by atoms with Gasteiger partial charge in [0.05, 0.1) is 11.8 Å². The van der Waals surface area contributed by atoms with Gasteiger partial charge in [0, 0.05) is 12.1 Å². The van der Waals surface area contributed by atoms with E-state index >= 15 is 0 Å². The van der Waals surface area contributed by atoms with E-state index in [-0.39, 0.29) is 23.4 Å². The van der Waals surface area contributed by atoms with Crippen molar-refractivity contribution in [3.63, 3.8) is 0 Å². The number of aliphatic hydroxyl groups excluding tert-OH is 1. The minimum absolute atomic E-state index is 0.0652. The summed E-state index contributed by atoms with van der Waals surface area (Å²) in [6.07, 6.45) is 1.99. The Morgan fingerprint density at radius 3 is 2.38 bits per heavy atom. The van der Waals surface area contributed by atoms with Gasteiger partial charge in [0.25, 0.3) is 11.7 Å². The molecule has 1 saturated heterocycles. The van der Waals surface area contributed by atoms with Gasteiger partial charge in [0.2, 0.25) is 0 Å². The van der Waals surface area contributed by atoms with Crippen LogP contribution in [0.2, 0.25) is 0 Å². The van der Waals surface area contributed by atoms with E-state index in [2.05, 4.69) is 0 Å². The Bertz CT molecular complexity index is 1060. The molecule has 1 atom stereocenters. The van der Waals surface area contributed by atoms with Crippen molar-refractivity contribution in [3.8, 4) is 0 Å². The molecule has 1 aliphatic rings. The molecule has 1 N–H and O–H groups in total. The van der Waals surface area contributed by atoms with Crippen LogP contribution in [0.3, 0.4) is 0 Å². The van der Waals surface area contributed by atoms with E-state index in [0.29, 0.717) is 12.2 Å². The van der Waals surface area contributed by atoms with Crippen LogP contribution in [0.5, 0.6) is 0 Å². The molecule has 1 amide bonds. The van der Waals surface area contributed by atoms with Crippen LogP contribution in [-0.2, 0) is 16.0 Å². The molecule has 29 heavy (non-hydrogen) atoms. The van der Waals surface area contributed by atoms with Crippen molar-refractivity contribution >= 4 is 17.4 Å². The number of carbonyl (C=O) groups excluding carboxylic acids is 2. The van der Waals surface area contributed by atoms with E-state index < -0.39 is 23.5 Å². The molecule has 2 heterocycles. The Morgan fingerprint density at radius 2 is 1.72 bits per heavy atom. The first kappa shape index (κ1) is 18.7. The highest BCUT2D eigenvalue weighted by Crippen LogP contribution is 2.39. The number of ketones is 1. The molecule has 0 saturated carbocycles. The van der Waals surface area contributed by atoms with E-state index in [4.69, 9.17) is 4.42 Å². The average molecular weight is 391 g/mol. The van der Waals surface area contributed by atoms with E-state index in [1.54, 1.807) is 12.1 Å². The molecule has 0 aliphatic carbocycles. The molecule has 146 valence electrons. The van der Waals surface area contributed by atoms with Gasteiger partial charge in [-0.15, -0.1) is 0 Å². The SMILES string of the molecule is O=C1C(=O)N(CCc2ccccc2)C(c2ccco2)C1=C(O)c1ccc(F)cc1. The summed E-state index contributed by atoms with van der Waals surface area (Å²) in [6.45, 7) is 0.278. The molecular weight excluding hydrogens is 373 g/mol. The third kappa shape index (κ3) is 3.57. The van der Waals surface area contributed by atoms with Gasteiger partial charge in [-0.1, -0.05) is 30.3 Å². The van der Waals surface area contributed by atoms with Crippen LogP contribution in [0.25, 0.3) is 5.76 Å². The van der Waals surface area contributed by atoms with Crippen LogP contribution in [0, 0.1) is 5.82 Å². The third-order valence-corrected chi connectivity index (χ3v) is 4.95. The van der Waals surface area contributed by atoms with Gasteiger partial charge in [0.1, 0.15) is 23.4 Å². The Hall–Kier alpha value is -3.67. The van der Waals surface area contributed by atoms with Crippen molar-refractivity contribution < 1.29 is 23.5 Å². The molecule has 5 nitrogen and oxygen atoms in total. The Kier molecular flexibility index (Phi) is 4.99. The smallest absolute Gasteiger partial charge is 0.295 e. The Labute approximate surface area is 166 Å². The lowest BCUT2D eigenvalue weighted by Gasteiger charge is -2.23. The van der Waals surface area contributed by atoms with Gasteiger partial charge in [-0.2, -0.15) is 0 Å². The van der Waals surface area contributed by atoms with E-state index in [1.807, 2.05) is 30.3 Å². The molecule has 1 aliphatic heterocycles. The minimum atomic E-state index is -0.848. The first-order valence-corrected chi connectivity index (χ1v) is 9.18. The molecule has 1 aromatic heterocycles. The van der Waals surface area contributed by atoms with Crippen molar-refractivity contribution in [1.29, 1.82) is 0 Å². The maximum atomic E-state index is 13.2. The van der Waals surface area contributed by atoms with Gasteiger partial charge in [0.15, 0.2) is 0 Å². The first-order valence-electron chi connectivity index (χ1n) is 9.18. The predicted molar refractivity (Wildman–Crippen MR) is 104 cm³/mol. The van der Waals surface area contributed by atoms with Gasteiger partial charge in [-0.05, 0) is 48.4 Å². The van der Waals surface area contributed by atoms with Crippen LogP contribution in [-0.4, -0.2) is 28.2 Å². The number of hydrogen-bond donors (Lipinski definition) is 1. The number of amides is 1. The molecule has 2 aromatic carbocycles. The summed E-state index contributed by atoms with van der Waals surface area (Å²) < 4.78 is 18.7. The van der Waals surface area contributed by atoms with Crippen molar-refractivity contribution in [2.24, 2.45) is 0 Å². The summed E-state index contributed by atoms with van der Waals surface area (Å²) >= 11 is 0. The summed E-state index contributed by atoms with van der Waals surface area (Å²) in [5.74, 6) is -1.94. The van der Waals surface area contributed by atoms with Gasteiger partial charge >= 0.3 is 0 Å². The normalized spacial score (nSPS) is 18.4. The zero-order valence-electron chi connectivity index (χ0n) is 15.4. The fourth-order valence-electron chi connectivity index (χ4n) is 3.51. The van der Waals surface area contributed by atoms with E-state index in [1.165, 1.54) is 35.4 Å². The summed E-state index contributed by atoms with van der Waals surface area (Å²) in [5, 5.41) is 10.8. The second kappa shape index (κ2) is 7.75. The van der Waals surface area contributed by atoms with Crippen LogP contribution in [0.15, 0.2) is 83.0 Å². The zero-order chi connectivity index (χ0) is 20.4. The third-order valence-electron chi connectivity index (χ3n) is 4.95. The zero-order valence-corrected chi connectivity index (χ0v) is 15.4. The van der Waals surface area contributed by atoms with Gasteiger partial charge < -0.3 is 14.4 Å². The fourth-order valence-corrected chi connectivity index (χ4v) is 3.51. The standard InChI is InChI=1S/C23H18FNO4/c24-17-10-8-16(9-11-17)21(26)19-20(18-7-4-14-29-18)25(23(28)22(19)27)13-12-15-5-2-1-3-6-15/h1-11,14,20,26H,12-13H2. The quantitative estimate of drug-likeness (QED) is 0.404. The largest absolute Gasteiger partial charge is 0.507 e. The number of Topliss-reactive ketones (excluding diaryl/α,β-unsaturated/α-hetero) is 1.